The molecule has 0 heterocycles. The maximum Gasteiger partial charge on any atom is -0.0321 e. The average Bonchev–Trinajstić information content (AvgIpc) is 2.11. The van der Waals surface area contributed by atoms with Crippen molar-refractivity contribution >= 4 is 0 Å². The van der Waals surface area contributed by atoms with Crippen molar-refractivity contribution in [1.29, 1.82) is 0 Å². The highest BCUT2D eigenvalue weighted by atomic mass is 14.0. The van der Waals surface area contributed by atoms with Crippen LogP contribution in [0.3, 0.4) is 0 Å². The van der Waals surface area contributed by atoms with Gasteiger partial charge in [-0.2, -0.15) is 0 Å². The summed E-state index contributed by atoms with van der Waals surface area (Å²) in [5.41, 5.74) is 1.67. The van der Waals surface area contributed by atoms with E-state index in [0.717, 1.165) is 0 Å². The van der Waals surface area contributed by atoms with Gasteiger partial charge in [0.05, 0.1) is 0 Å². The van der Waals surface area contributed by atoms with Crippen LogP contribution in [-0.2, 0) is 0 Å². The molecule has 0 rings (SSSR count). The van der Waals surface area contributed by atoms with Crippen molar-refractivity contribution in [2.45, 2.75) is 65.7 Å². The van der Waals surface area contributed by atoms with Crippen molar-refractivity contribution in [3.05, 3.63) is 11.6 Å². The van der Waals surface area contributed by atoms with Crippen LogP contribution in [0.25, 0.3) is 0 Å². The van der Waals surface area contributed by atoms with E-state index < -0.39 is 0 Å². The Kier molecular flexibility index (Phi) is 8.64. The first-order valence-corrected chi connectivity index (χ1v) is 5.53. The van der Waals surface area contributed by atoms with Gasteiger partial charge in [-0.05, 0) is 25.7 Å². The summed E-state index contributed by atoms with van der Waals surface area (Å²) in [7, 11) is 0. The molecule has 0 nitrogen and oxygen atoms in total. The summed E-state index contributed by atoms with van der Waals surface area (Å²) in [5.74, 6) is 0. The molecule has 0 unspecified atom stereocenters. The van der Waals surface area contributed by atoms with Crippen LogP contribution in [0.5, 0.6) is 0 Å². The smallest absolute Gasteiger partial charge is 0.0321 e. The average molecular weight is 168 g/mol. The Morgan fingerprint density at radius 2 is 1.67 bits per heavy atom. The molecule has 0 amide bonds. The van der Waals surface area contributed by atoms with Crippen LogP contribution < -0.4 is 0 Å². The molecule has 0 aromatic rings. The lowest BCUT2D eigenvalue weighted by Gasteiger charge is -2.02. The van der Waals surface area contributed by atoms with Crippen molar-refractivity contribution in [2.75, 3.05) is 0 Å². The molecule has 12 heavy (non-hydrogen) atoms. The third-order valence-electron chi connectivity index (χ3n) is 2.30. The van der Waals surface area contributed by atoms with Gasteiger partial charge in [-0.3, -0.25) is 0 Å². The van der Waals surface area contributed by atoms with Crippen LogP contribution in [0, 0.1) is 0 Å². The van der Waals surface area contributed by atoms with E-state index in [1.807, 2.05) is 0 Å². The van der Waals surface area contributed by atoms with Gasteiger partial charge in [-0.15, -0.1) is 0 Å². The van der Waals surface area contributed by atoms with Gasteiger partial charge in [0.15, 0.2) is 0 Å². The first-order valence-electron chi connectivity index (χ1n) is 5.53. The minimum Gasteiger partial charge on any atom is -0.0853 e. The second-order valence-electron chi connectivity index (χ2n) is 3.46. The highest BCUT2D eigenvalue weighted by molar-refractivity contribution is 5.00. The molecular weight excluding hydrogens is 144 g/mol. The van der Waals surface area contributed by atoms with E-state index in [2.05, 4.69) is 26.8 Å². The van der Waals surface area contributed by atoms with Crippen molar-refractivity contribution in [3.8, 4) is 0 Å². The number of unbranched alkanes of at least 4 members (excludes halogenated alkanes) is 3. The van der Waals surface area contributed by atoms with Gasteiger partial charge in [0, 0.05) is 0 Å². The molecule has 0 fully saturated rings. The van der Waals surface area contributed by atoms with Crippen LogP contribution in [0.15, 0.2) is 11.6 Å². The van der Waals surface area contributed by atoms with Gasteiger partial charge in [0.2, 0.25) is 0 Å². The van der Waals surface area contributed by atoms with E-state index in [0.29, 0.717) is 0 Å². The second kappa shape index (κ2) is 8.83. The van der Waals surface area contributed by atoms with Crippen LogP contribution in [0.4, 0.5) is 0 Å². The Hall–Kier alpha value is -0.260. The summed E-state index contributed by atoms with van der Waals surface area (Å²) in [6.45, 7) is 6.79. The van der Waals surface area contributed by atoms with E-state index in [9.17, 15) is 0 Å². The molecule has 0 aliphatic rings. The Morgan fingerprint density at radius 3 is 2.17 bits per heavy atom. The van der Waals surface area contributed by atoms with Crippen LogP contribution in [0.1, 0.15) is 65.7 Å². The monoisotopic (exact) mass is 168 g/mol. The van der Waals surface area contributed by atoms with E-state index >= 15 is 0 Å². The van der Waals surface area contributed by atoms with Gasteiger partial charge in [0.25, 0.3) is 0 Å². The molecule has 72 valence electrons. The normalized spacial score (nSPS) is 12.1. The first-order chi connectivity index (χ1) is 5.85. The molecule has 0 atom stereocenters. The third kappa shape index (κ3) is 6.45. The van der Waals surface area contributed by atoms with E-state index in [1.165, 1.54) is 44.9 Å². The van der Waals surface area contributed by atoms with Gasteiger partial charge in [0.1, 0.15) is 0 Å². The molecule has 0 aliphatic heterocycles. The van der Waals surface area contributed by atoms with Crippen LogP contribution in [-0.4, -0.2) is 0 Å². The molecule has 0 radical (unpaired) electrons. The molecule has 0 bridgehead atoms. The quantitative estimate of drug-likeness (QED) is 0.382. The summed E-state index contributed by atoms with van der Waals surface area (Å²) in [4.78, 5) is 0. The minimum absolute atomic E-state index is 1.25. The summed E-state index contributed by atoms with van der Waals surface area (Å²) >= 11 is 0. The molecule has 0 saturated carbocycles. The minimum atomic E-state index is 1.25. The predicted molar refractivity (Wildman–Crippen MR) is 57.4 cm³/mol. The van der Waals surface area contributed by atoms with E-state index in [-0.39, 0.29) is 0 Å². The van der Waals surface area contributed by atoms with Gasteiger partial charge in [-0.1, -0.05) is 51.7 Å². The number of hydrogen-bond acceptors (Lipinski definition) is 0. The molecule has 0 aliphatic carbocycles. The maximum absolute atomic E-state index is 2.46. The third-order valence-corrected chi connectivity index (χ3v) is 2.30. The summed E-state index contributed by atoms with van der Waals surface area (Å²) in [6.07, 6.45) is 11.7. The molecule has 0 heteroatoms. The zero-order chi connectivity index (χ0) is 9.23. The molecule has 0 spiro atoms. The Bertz CT molecular complexity index is 111. The topological polar surface area (TPSA) is 0 Å². The SMILES string of the molecule is CCCCC=C(CC)CCCC. The Labute approximate surface area is 78.1 Å². The van der Waals surface area contributed by atoms with E-state index in [1.54, 1.807) is 5.57 Å². The van der Waals surface area contributed by atoms with Gasteiger partial charge < -0.3 is 0 Å². The number of allylic oxidation sites excluding steroid dienone is 2. The lowest BCUT2D eigenvalue weighted by Crippen LogP contribution is -1.82. The van der Waals surface area contributed by atoms with Crippen molar-refractivity contribution in [3.63, 3.8) is 0 Å². The van der Waals surface area contributed by atoms with Crippen LogP contribution >= 0.6 is 0 Å². The summed E-state index contributed by atoms with van der Waals surface area (Å²) in [6, 6.07) is 0. The standard InChI is InChI=1S/C12H24/c1-4-7-9-11-12(6-3)10-8-5-2/h11H,4-10H2,1-3H3. The molecule has 0 aromatic heterocycles. The van der Waals surface area contributed by atoms with Gasteiger partial charge >= 0.3 is 0 Å². The first kappa shape index (κ1) is 11.7. The number of rotatable bonds is 7. The second-order valence-corrected chi connectivity index (χ2v) is 3.46. The molecule has 0 saturated heterocycles. The van der Waals surface area contributed by atoms with E-state index in [4.69, 9.17) is 0 Å². The maximum atomic E-state index is 2.46. The lowest BCUT2D eigenvalue weighted by atomic mass is 10.0. The molecule has 0 N–H and O–H groups in total. The Balaban J connectivity index is 3.55. The van der Waals surface area contributed by atoms with Crippen molar-refractivity contribution in [2.24, 2.45) is 0 Å². The van der Waals surface area contributed by atoms with Crippen molar-refractivity contribution < 1.29 is 0 Å². The van der Waals surface area contributed by atoms with Crippen LogP contribution in [0.2, 0.25) is 0 Å². The largest absolute Gasteiger partial charge is 0.0853 e. The highest BCUT2D eigenvalue weighted by Crippen LogP contribution is 2.12. The zero-order valence-electron chi connectivity index (χ0n) is 9.03. The summed E-state index contributed by atoms with van der Waals surface area (Å²) < 4.78 is 0. The van der Waals surface area contributed by atoms with Gasteiger partial charge in [-0.25, -0.2) is 0 Å². The Morgan fingerprint density at radius 1 is 1.00 bits per heavy atom. The van der Waals surface area contributed by atoms with Crippen molar-refractivity contribution in [1.82, 2.24) is 0 Å². The summed E-state index contributed by atoms with van der Waals surface area (Å²) in [5, 5.41) is 0. The number of hydrogen-bond donors (Lipinski definition) is 0. The molecular formula is C12H24. The fraction of sp³-hybridized carbons (Fsp3) is 0.833. The fourth-order valence-electron chi connectivity index (χ4n) is 1.34. The molecule has 0 aromatic carbocycles. The fourth-order valence-corrected chi connectivity index (χ4v) is 1.34. The predicted octanol–water partition coefficient (Wildman–Crippen LogP) is 4.70. The lowest BCUT2D eigenvalue weighted by molar-refractivity contribution is 0.749. The highest BCUT2D eigenvalue weighted by Gasteiger charge is 1.92. The zero-order valence-corrected chi connectivity index (χ0v) is 9.03.